The van der Waals surface area contributed by atoms with Gasteiger partial charge in [-0.3, -0.25) is 9.89 Å². The summed E-state index contributed by atoms with van der Waals surface area (Å²) in [5, 5.41) is 7.20. The Bertz CT molecular complexity index is 662. The molecule has 1 aliphatic rings. The summed E-state index contributed by atoms with van der Waals surface area (Å²) in [6.45, 7) is 4.06. The van der Waals surface area contributed by atoms with Crippen LogP contribution in [0.5, 0.6) is 0 Å². The second kappa shape index (κ2) is 7.68. The van der Waals surface area contributed by atoms with E-state index in [9.17, 15) is 4.79 Å². The number of halogens is 1. The third-order valence-electron chi connectivity index (χ3n) is 4.41. The van der Waals surface area contributed by atoms with E-state index in [1.807, 2.05) is 6.07 Å². The van der Waals surface area contributed by atoms with Crippen molar-refractivity contribution in [2.45, 2.75) is 19.4 Å². The maximum absolute atomic E-state index is 12.8. The number of nitrogens with zero attached hydrogens (tertiary/aromatic N) is 3. The number of carbonyl (C=O) groups is 1. The first-order valence-electron chi connectivity index (χ1n) is 8.19. The van der Waals surface area contributed by atoms with Crippen LogP contribution < -0.4 is 5.73 Å². The summed E-state index contributed by atoms with van der Waals surface area (Å²) in [7, 11) is 0. The Balaban J connectivity index is 1.76. The normalized spacial score (nSPS) is 14.9. The fraction of sp³-hybridized carbons (Fsp3) is 0.412. The van der Waals surface area contributed by atoms with E-state index < -0.39 is 0 Å². The summed E-state index contributed by atoms with van der Waals surface area (Å²) in [4.78, 5) is 16.9. The number of nitrogen functional groups attached to an aromatic ring is 1. The highest BCUT2D eigenvalue weighted by atomic mass is 35.5. The number of aromatic nitrogens is 2. The Morgan fingerprint density at radius 3 is 2.79 bits per heavy atom. The highest BCUT2D eigenvalue weighted by molar-refractivity contribution is 6.31. The molecule has 0 spiro atoms. The smallest absolute Gasteiger partial charge is 0.272 e. The summed E-state index contributed by atoms with van der Waals surface area (Å²) in [6.07, 6.45) is 4.04. The topological polar surface area (TPSA) is 78.2 Å². The van der Waals surface area contributed by atoms with Crippen LogP contribution in [-0.4, -0.2) is 52.1 Å². The number of nitrogens with two attached hydrogens (primary N) is 1. The minimum atomic E-state index is -0.0917. The van der Waals surface area contributed by atoms with E-state index in [2.05, 4.69) is 15.1 Å². The van der Waals surface area contributed by atoms with E-state index in [0.29, 0.717) is 29.5 Å². The van der Waals surface area contributed by atoms with Crippen molar-refractivity contribution in [3.63, 3.8) is 0 Å². The number of hydrogen-bond acceptors (Lipinski definition) is 4. The Morgan fingerprint density at radius 1 is 1.33 bits per heavy atom. The Morgan fingerprint density at radius 2 is 2.12 bits per heavy atom. The molecule has 0 radical (unpaired) electrons. The molecule has 3 rings (SSSR count). The van der Waals surface area contributed by atoms with Gasteiger partial charge in [0.05, 0.1) is 0 Å². The number of aromatic amines is 1. The molecule has 7 heteroatoms. The van der Waals surface area contributed by atoms with Crippen LogP contribution in [0.4, 0.5) is 5.69 Å². The molecule has 2 aromatic rings. The lowest BCUT2D eigenvalue weighted by molar-refractivity contribution is 0.0721. The Labute approximate surface area is 146 Å². The van der Waals surface area contributed by atoms with Crippen LogP contribution in [0, 0.1) is 0 Å². The van der Waals surface area contributed by atoms with Gasteiger partial charge in [0.15, 0.2) is 0 Å². The zero-order valence-corrected chi connectivity index (χ0v) is 14.3. The van der Waals surface area contributed by atoms with Crippen molar-refractivity contribution in [1.82, 2.24) is 20.0 Å². The number of amides is 1. The van der Waals surface area contributed by atoms with E-state index >= 15 is 0 Å². The third-order valence-corrected chi connectivity index (χ3v) is 4.76. The molecule has 3 N–H and O–H groups in total. The zero-order chi connectivity index (χ0) is 16.9. The van der Waals surface area contributed by atoms with Crippen LogP contribution in [0.25, 0.3) is 0 Å². The molecule has 0 bridgehead atoms. The Kier molecular flexibility index (Phi) is 5.37. The average molecular weight is 348 g/mol. The summed E-state index contributed by atoms with van der Waals surface area (Å²) in [6, 6.07) is 7.10. The van der Waals surface area contributed by atoms with E-state index in [4.69, 9.17) is 17.3 Å². The molecule has 6 nitrogen and oxygen atoms in total. The van der Waals surface area contributed by atoms with Gasteiger partial charge < -0.3 is 15.5 Å². The van der Waals surface area contributed by atoms with Gasteiger partial charge in [-0.25, -0.2) is 0 Å². The van der Waals surface area contributed by atoms with Crippen molar-refractivity contribution < 1.29 is 4.79 Å². The lowest BCUT2D eigenvalue weighted by Crippen LogP contribution is -2.38. The van der Waals surface area contributed by atoms with Crippen LogP contribution in [0.1, 0.15) is 28.9 Å². The van der Waals surface area contributed by atoms with Crippen LogP contribution in [0.3, 0.4) is 0 Å². The van der Waals surface area contributed by atoms with Gasteiger partial charge in [0.25, 0.3) is 5.91 Å². The van der Waals surface area contributed by atoms with Crippen molar-refractivity contribution in [2.75, 3.05) is 31.9 Å². The number of hydrogen-bond donors (Lipinski definition) is 2. The quantitative estimate of drug-likeness (QED) is 0.786. The minimum absolute atomic E-state index is 0.0917. The van der Waals surface area contributed by atoms with E-state index in [1.54, 1.807) is 29.3 Å². The largest absolute Gasteiger partial charge is 0.398 e. The van der Waals surface area contributed by atoms with Crippen LogP contribution in [0.15, 0.2) is 30.5 Å². The van der Waals surface area contributed by atoms with Gasteiger partial charge in [0.2, 0.25) is 0 Å². The predicted molar refractivity (Wildman–Crippen MR) is 94.9 cm³/mol. The molecule has 0 aliphatic carbocycles. The lowest BCUT2D eigenvalue weighted by atomic mass is 10.1. The molecule has 24 heavy (non-hydrogen) atoms. The van der Waals surface area contributed by atoms with E-state index in [0.717, 1.165) is 25.2 Å². The average Bonchev–Trinajstić information content (AvgIpc) is 3.27. The molecular formula is C17H22ClN5O. The van der Waals surface area contributed by atoms with Gasteiger partial charge in [-0.05, 0) is 44.1 Å². The molecule has 1 aromatic carbocycles. The fourth-order valence-corrected chi connectivity index (χ4v) is 3.24. The van der Waals surface area contributed by atoms with Gasteiger partial charge in [-0.1, -0.05) is 17.7 Å². The number of likely N-dealkylation sites (tertiary alicyclic amines) is 1. The van der Waals surface area contributed by atoms with Crippen molar-refractivity contribution in [3.05, 3.63) is 46.7 Å². The standard InChI is InChI=1S/C17H22ClN5O/c18-14-4-3-5-15(19)13(14)12-23(11-10-22-8-1-2-9-22)17(24)16-6-7-20-21-16/h3-7H,1-2,8-12,19H2,(H,20,21). The second-order valence-corrected chi connectivity index (χ2v) is 6.46. The van der Waals surface area contributed by atoms with E-state index in [-0.39, 0.29) is 5.91 Å². The maximum atomic E-state index is 12.8. The highest BCUT2D eigenvalue weighted by Crippen LogP contribution is 2.24. The second-order valence-electron chi connectivity index (χ2n) is 6.05. The number of nitrogens with one attached hydrogen (secondary N) is 1. The molecule has 128 valence electrons. The monoisotopic (exact) mass is 347 g/mol. The molecule has 1 saturated heterocycles. The summed E-state index contributed by atoms with van der Waals surface area (Å²) < 4.78 is 0. The minimum Gasteiger partial charge on any atom is -0.398 e. The zero-order valence-electron chi connectivity index (χ0n) is 13.5. The summed E-state index contributed by atoms with van der Waals surface area (Å²) in [5.74, 6) is -0.0917. The predicted octanol–water partition coefficient (Wildman–Crippen LogP) is 2.38. The number of H-pyrrole nitrogens is 1. The molecule has 2 heterocycles. The summed E-state index contributed by atoms with van der Waals surface area (Å²) >= 11 is 6.28. The molecule has 1 fully saturated rings. The van der Waals surface area contributed by atoms with Crippen molar-refractivity contribution in [3.8, 4) is 0 Å². The maximum Gasteiger partial charge on any atom is 0.272 e. The fourth-order valence-electron chi connectivity index (χ4n) is 3.00. The Hall–Kier alpha value is -2.05. The number of benzene rings is 1. The van der Waals surface area contributed by atoms with Gasteiger partial charge in [-0.15, -0.1) is 0 Å². The van der Waals surface area contributed by atoms with Gasteiger partial charge in [0.1, 0.15) is 5.69 Å². The molecule has 0 atom stereocenters. The lowest BCUT2D eigenvalue weighted by Gasteiger charge is -2.26. The van der Waals surface area contributed by atoms with Crippen molar-refractivity contribution >= 4 is 23.2 Å². The number of rotatable bonds is 6. The number of anilines is 1. The van der Waals surface area contributed by atoms with Crippen LogP contribution >= 0.6 is 11.6 Å². The highest BCUT2D eigenvalue weighted by Gasteiger charge is 2.21. The molecule has 0 saturated carbocycles. The van der Waals surface area contributed by atoms with Crippen molar-refractivity contribution in [2.24, 2.45) is 0 Å². The number of carbonyl (C=O) groups excluding carboxylic acids is 1. The van der Waals surface area contributed by atoms with Crippen molar-refractivity contribution in [1.29, 1.82) is 0 Å². The molecule has 1 aliphatic heterocycles. The first kappa shape index (κ1) is 16.8. The first-order valence-corrected chi connectivity index (χ1v) is 8.57. The van der Waals surface area contributed by atoms with E-state index in [1.165, 1.54) is 12.8 Å². The molecule has 0 unspecified atom stereocenters. The molecule has 1 amide bonds. The van der Waals surface area contributed by atoms with Gasteiger partial charge in [-0.2, -0.15) is 5.10 Å². The van der Waals surface area contributed by atoms with Crippen LogP contribution in [-0.2, 0) is 6.54 Å². The third kappa shape index (κ3) is 3.88. The van der Waals surface area contributed by atoms with Gasteiger partial charge in [0, 0.05) is 42.1 Å². The first-order chi connectivity index (χ1) is 11.6. The van der Waals surface area contributed by atoms with Crippen LogP contribution in [0.2, 0.25) is 5.02 Å². The SMILES string of the molecule is Nc1cccc(Cl)c1CN(CCN1CCCC1)C(=O)c1ccn[nH]1. The summed E-state index contributed by atoms with van der Waals surface area (Å²) in [5.41, 5.74) is 7.92. The molecular weight excluding hydrogens is 326 g/mol. The van der Waals surface area contributed by atoms with Gasteiger partial charge >= 0.3 is 0 Å². The molecule has 1 aromatic heterocycles.